The van der Waals surface area contributed by atoms with Gasteiger partial charge in [0.1, 0.15) is 5.75 Å². The van der Waals surface area contributed by atoms with Gasteiger partial charge in [-0.2, -0.15) is 0 Å². The van der Waals surface area contributed by atoms with Crippen LogP contribution in [0.25, 0.3) is 5.57 Å². The third kappa shape index (κ3) is 3.64. The van der Waals surface area contributed by atoms with Crippen molar-refractivity contribution in [2.24, 2.45) is 0 Å². The average Bonchev–Trinajstić information content (AvgIpc) is 2.68. The lowest BCUT2D eigenvalue weighted by atomic mass is 9.94. The smallest absolute Gasteiger partial charge is 0.118 e. The molecule has 0 aromatic heterocycles. The Morgan fingerprint density at radius 3 is 2.00 bits per heavy atom. The number of rotatable bonds is 5. The van der Waals surface area contributed by atoms with Crippen LogP contribution in [0.2, 0.25) is 0 Å². The molecule has 0 atom stereocenters. The molecule has 2 heteroatoms. The molecule has 2 nitrogen and oxygen atoms in total. The van der Waals surface area contributed by atoms with Gasteiger partial charge in [0, 0.05) is 18.8 Å². The highest BCUT2D eigenvalue weighted by Gasteiger charge is 2.18. The molecule has 3 rings (SSSR count). The van der Waals surface area contributed by atoms with Crippen LogP contribution in [0.5, 0.6) is 5.75 Å². The zero-order valence-electron chi connectivity index (χ0n) is 14.8. The average molecular weight is 321 g/mol. The van der Waals surface area contributed by atoms with Crippen LogP contribution in [0.3, 0.4) is 0 Å². The SMILES string of the molecule is C=C(c1ccc(OC)cc1)c1ccc(N(C)C2CCCCC2)cc1. The summed E-state index contributed by atoms with van der Waals surface area (Å²) in [6.45, 7) is 4.26. The number of benzene rings is 2. The molecule has 2 aromatic rings. The Labute approximate surface area is 145 Å². The van der Waals surface area contributed by atoms with Crippen molar-refractivity contribution in [2.75, 3.05) is 19.1 Å². The fourth-order valence-corrected chi connectivity index (χ4v) is 3.54. The summed E-state index contributed by atoms with van der Waals surface area (Å²) in [5.74, 6) is 0.871. The van der Waals surface area contributed by atoms with Crippen molar-refractivity contribution in [1.29, 1.82) is 0 Å². The van der Waals surface area contributed by atoms with E-state index >= 15 is 0 Å². The Balaban J connectivity index is 1.72. The highest BCUT2D eigenvalue weighted by Crippen LogP contribution is 2.29. The van der Waals surface area contributed by atoms with Gasteiger partial charge in [-0.05, 0) is 53.8 Å². The second-order valence-corrected chi connectivity index (χ2v) is 6.66. The van der Waals surface area contributed by atoms with E-state index in [1.165, 1.54) is 43.4 Å². The van der Waals surface area contributed by atoms with Gasteiger partial charge in [0.2, 0.25) is 0 Å². The maximum atomic E-state index is 5.22. The number of anilines is 1. The molecule has 1 fully saturated rings. The highest BCUT2D eigenvalue weighted by molar-refractivity contribution is 5.79. The van der Waals surface area contributed by atoms with Crippen molar-refractivity contribution in [3.8, 4) is 5.75 Å². The van der Waals surface area contributed by atoms with E-state index in [2.05, 4.69) is 54.9 Å². The first kappa shape index (κ1) is 16.6. The van der Waals surface area contributed by atoms with Crippen molar-refractivity contribution in [3.05, 3.63) is 66.2 Å². The fourth-order valence-electron chi connectivity index (χ4n) is 3.54. The van der Waals surface area contributed by atoms with Gasteiger partial charge in [0.05, 0.1) is 7.11 Å². The summed E-state index contributed by atoms with van der Waals surface area (Å²) in [5, 5.41) is 0. The molecular formula is C22H27NO. The van der Waals surface area contributed by atoms with Crippen molar-refractivity contribution >= 4 is 11.3 Å². The van der Waals surface area contributed by atoms with Gasteiger partial charge in [-0.1, -0.05) is 50.1 Å². The predicted molar refractivity (Wildman–Crippen MR) is 103 cm³/mol. The van der Waals surface area contributed by atoms with Crippen LogP contribution in [0.1, 0.15) is 43.2 Å². The monoisotopic (exact) mass is 321 g/mol. The minimum Gasteiger partial charge on any atom is -0.497 e. The summed E-state index contributed by atoms with van der Waals surface area (Å²) in [4.78, 5) is 2.44. The Morgan fingerprint density at radius 1 is 0.917 bits per heavy atom. The second kappa shape index (κ2) is 7.57. The number of hydrogen-bond donors (Lipinski definition) is 0. The van der Waals surface area contributed by atoms with Crippen LogP contribution in [0, 0.1) is 0 Å². The molecule has 126 valence electrons. The normalized spacial score (nSPS) is 15.1. The lowest BCUT2D eigenvalue weighted by molar-refractivity contribution is 0.415. The van der Waals surface area contributed by atoms with Gasteiger partial charge in [-0.25, -0.2) is 0 Å². The van der Waals surface area contributed by atoms with Gasteiger partial charge in [0.25, 0.3) is 0 Å². The molecule has 0 spiro atoms. The van der Waals surface area contributed by atoms with E-state index in [0.29, 0.717) is 6.04 Å². The minimum absolute atomic E-state index is 0.689. The van der Waals surface area contributed by atoms with Gasteiger partial charge in [-0.3, -0.25) is 0 Å². The number of ether oxygens (including phenoxy) is 1. The molecule has 0 unspecified atom stereocenters. The Bertz CT molecular complexity index is 666. The van der Waals surface area contributed by atoms with E-state index in [-0.39, 0.29) is 0 Å². The Hall–Kier alpha value is -2.22. The maximum Gasteiger partial charge on any atom is 0.118 e. The zero-order chi connectivity index (χ0) is 16.9. The van der Waals surface area contributed by atoms with Crippen molar-refractivity contribution in [2.45, 2.75) is 38.1 Å². The molecule has 1 aliphatic carbocycles. The van der Waals surface area contributed by atoms with E-state index < -0.39 is 0 Å². The van der Waals surface area contributed by atoms with E-state index in [1.54, 1.807) is 7.11 Å². The standard InChI is InChI=1S/C22H27NO/c1-17(19-11-15-22(24-3)16-12-19)18-9-13-21(14-10-18)23(2)20-7-5-4-6-8-20/h9-16,20H,1,4-8H2,2-3H3. The van der Waals surface area contributed by atoms with Gasteiger partial charge >= 0.3 is 0 Å². The second-order valence-electron chi connectivity index (χ2n) is 6.66. The van der Waals surface area contributed by atoms with Crippen LogP contribution in [-0.4, -0.2) is 20.2 Å². The van der Waals surface area contributed by atoms with Crippen LogP contribution >= 0.6 is 0 Å². The van der Waals surface area contributed by atoms with Crippen LogP contribution < -0.4 is 9.64 Å². The van der Waals surface area contributed by atoms with E-state index in [1.807, 2.05) is 12.1 Å². The lowest BCUT2D eigenvalue weighted by Gasteiger charge is -2.33. The van der Waals surface area contributed by atoms with Crippen molar-refractivity contribution < 1.29 is 4.74 Å². The minimum atomic E-state index is 0.689. The molecular weight excluding hydrogens is 294 g/mol. The van der Waals surface area contributed by atoms with Crippen molar-refractivity contribution in [1.82, 2.24) is 0 Å². The topological polar surface area (TPSA) is 12.5 Å². The molecule has 1 aliphatic rings. The van der Waals surface area contributed by atoms with E-state index in [4.69, 9.17) is 4.74 Å². The summed E-state index contributed by atoms with van der Waals surface area (Å²) in [6.07, 6.45) is 6.75. The van der Waals surface area contributed by atoms with Crippen LogP contribution in [0.4, 0.5) is 5.69 Å². The van der Waals surface area contributed by atoms with Crippen LogP contribution in [-0.2, 0) is 0 Å². The first-order valence-electron chi connectivity index (χ1n) is 8.85. The Kier molecular flexibility index (Phi) is 5.24. The summed E-state index contributed by atoms with van der Waals surface area (Å²) >= 11 is 0. The Morgan fingerprint density at radius 2 is 1.46 bits per heavy atom. The van der Waals surface area contributed by atoms with E-state index in [0.717, 1.165) is 16.9 Å². The molecule has 24 heavy (non-hydrogen) atoms. The lowest BCUT2D eigenvalue weighted by Crippen LogP contribution is -2.33. The number of methoxy groups -OCH3 is 1. The first-order chi connectivity index (χ1) is 11.7. The molecule has 0 aliphatic heterocycles. The molecule has 0 heterocycles. The molecule has 1 saturated carbocycles. The summed E-state index contributed by atoms with van der Waals surface area (Å²) < 4.78 is 5.22. The molecule has 0 bridgehead atoms. The highest BCUT2D eigenvalue weighted by atomic mass is 16.5. The number of hydrogen-bond acceptors (Lipinski definition) is 2. The van der Waals surface area contributed by atoms with Gasteiger partial charge in [-0.15, -0.1) is 0 Å². The van der Waals surface area contributed by atoms with Crippen LogP contribution in [0.15, 0.2) is 55.1 Å². The summed E-state index contributed by atoms with van der Waals surface area (Å²) in [6, 6.07) is 17.6. The molecule has 0 radical (unpaired) electrons. The largest absolute Gasteiger partial charge is 0.497 e. The number of nitrogens with zero attached hydrogens (tertiary/aromatic N) is 1. The fraction of sp³-hybridized carbons (Fsp3) is 0.364. The molecule has 2 aromatic carbocycles. The van der Waals surface area contributed by atoms with Crippen molar-refractivity contribution in [3.63, 3.8) is 0 Å². The third-order valence-corrected chi connectivity index (χ3v) is 5.18. The molecule has 0 amide bonds. The van der Waals surface area contributed by atoms with Gasteiger partial charge < -0.3 is 9.64 Å². The predicted octanol–water partition coefficient (Wildman–Crippen LogP) is 5.53. The third-order valence-electron chi connectivity index (χ3n) is 5.18. The molecule has 0 saturated heterocycles. The summed E-state index contributed by atoms with van der Waals surface area (Å²) in [7, 11) is 3.91. The first-order valence-corrected chi connectivity index (χ1v) is 8.85. The quantitative estimate of drug-likeness (QED) is 0.718. The maximum absolute atomic E-state index is 5.22. The van der Waals surface area contributed by atoms with E-state index in [9.17, 15) is 0 Å². The summed E-state index contributed by atoms with van der Waals surface area (Å²) in [5.41, 5.74) is 4.64. The molecule has 0 N–H and O–H groups in total. The zero-order valence-corrected chi connectivity index (χ0v) is 14.8. The van der Waals surface area contributed by atoms with Gasteiger partial charge in [0.15, 0.2) is 0 Å².